The van der Waals surface area contributed by atoms with Crippen LogP contribution in [0.4, 0.5) is 9.18 Å². The second-order valence-electron chi connectivity index (χ2n) is 5.61. The van der Waals surface area contributed by atoms with Crippen LogP contribution in [0, 0.1) is 5.82 Å². The van der Waals surface area contributed by atoms with Crippen molar-refractivity contribution >= 4 is 16.1 Å². The van der Waals surface area contributed by atoms with Gasteiger partial charge >= 0.3 is 6.03 Å². The summed E-state index contributed by atoms with van der Waals surface area (Å²) in [5, 5.41) is 10.5. The first-order chi connectivity index (χ1) is 11.8. The van der Waals surface area contributed by atoms with Gasteiger partial charge in [-0.3, -0.25) is 0 Å². The van der Waals surface area contributed by atoms with Gasteiger partial charge in [-0.05, 0) is 48.7 Å². The van der Waals surface area contributed by atoms with Crippen LogP contribution in [0.15, 0.2) is 53.4 Å². The van der Waals surface area contributed by atoms with Gasteiger partial charge in [-0.1, -0.05) is 24.3 Å². The van der Waals surface area contributed by atoms with E-state index >= 15 is 0 Å². The summed E-state index contributed by atoms with van der Waals surface area (Å²) in [6.07, 6.45) is 0.545. The predicted molar refractivity (Wildman–Crippen MR) is 92.9 cm³/mol. The standard InChI is InChI=1S/C17H20FN3O3S/c1-12(14-4-6-15(18)7-5-14)21-17(22)20-11-10-13-2-8-16(9-3-13)25(19,23)24/h2-9,12H,10-11H2,1H3,(H2,19,23,24)(H2,20,21,22). The van der Waals surface area contributed by atoms with Gasteiger partial charge < -0.3 is 10.6 Å². The molecule has 2 aromatic carbocycles. The number of carbonyl (C=O) groups is 1. The SMILES string of the molecule is CC(NC(=O)NCCc1ccc(S(N)(=O)=O)cc1)c1ccc(F)cc1. The highest BCUT2D eigenvalue weighted by molar-refractivity contribution is 7.89. The molecule has 0 fully saturated rings. The van der Waals surface area contributed by atoms with Gasteiger partial charge in [-0.25, -0.2) is 22.7 Å². The van der Waals surface area contributed by atoms with Crippen molar-refractivity contribution in [1.29, 1.82) is 0 Å². The lowest BCUT2D eigenvalue weighted by atomic mass is 10.1. The first-order valence-electron chi connectivity index (χ1n) is 7.67. The van der Waals surface area contributed by atoms with E-state index in [0.29, 0.717) is 13.0 Å². The number of hydrogen-bond donors (Lipinski definition) is 3. The van der Waals surface area contributed by atoms with Crippen molar-refractivity contribution in [2.75, 3.05) is 6.54 Å². The van der Waals surface area contributed by atoms with Gasteiger partial charge in [0, 0.05) is 6.54 Å². The lowest BCUT2D eigenvalue weighted by Crippen LogP contribution is -2.38. The topological polar surface area (TPSA) is 101 Å². The number of nitrogens with two attached hydrogens (primary N) is 1. The number of nitrogens with one attached hydrogen (secondary N) is 2. The van der Waals surface area contributed by atoms with Crippen LogP contribution in [0.5, 0.6) is 0 Å². The lowest BCUT2D eigenvalue weighted by Gasteiger charge is -2.15. The highest BCUT2D eigenvalue weighted by Gasteiger charge is 2.10. The fourth-order valence-corrected chi connectivity index (χ4v) is 2.76. The predicted octanol–water partition coefficient (Wildman–Crippen LogP) is 2.08. The molecule has 8 heteroatoms. The van der Waals surface area contributed by atoms with E-state index in [-0.39, 0.29) is 22.8 Å². The fraction of sp³-hybridized carbons (Fsp3) is 0.235. The summed E-state index contributed by atoms with van der Waals surface area (Å²) in [4.78, 5) is 11.9. The summed E-state index contributed by atoms with van der Waals surface area (Å²) in [7, 11) is -3.70. The van der Waals surface area contributed by atoms with Crippen LogP contribution in [0.3, 0.4) is 0 Å². The average Bonchev–Trinajstić information content (AvgIpc) is 2.55. The Kier molecular flexibility index (Phi) is 6.11. The second kappa shape index (κ2) is 8.09. The molecule has 25 heavy (non-hydrogen) atoms. The molecule has 4 N–H and O–H groups in total. The van der Waals surface area contributed by atoms with E-state index < -0.39 is 10.0 Å². The number of benzene rings is 2. The Morgan fingerprint density at radius 1 is 1.12 bits per heavy atom. The van der Waals surface area contributed by atoms with E-state index in [1.54, 1.807) is 31.2 Å². The maximum atomic E-state index is 12.9. The van der Waals surface area contributed by atoms with Crippen molar-refractivity contribution in [3.05, 3.63) is 65.5 Å². The lowest BCUT2D eigenvalue weighted by molar-refractivity contribution is 0.238. The third-order valence-electron chi connectivity index (χ3n) is 3.67. The molecule has 6 nitrogen and oxygen atoms in total. The summed E-state index contributed by atoms with van der Waals surface area (Å²) in [5.74, 6) is -0.325. The molecule has 2 aromatic rings. The number of primary sulfonamides is 1. The normalized spacial score (nSPS) is 12.4. The van der Waals surface area contributed by atoms with E-state index in [1.807, 2.05) is 0 Å². The molecule has 0 radical (unpaired) electrons. The van der Waals surface area contributed by atoms with Crippen LogP contribution >= 0.6 is 0 Å². The molecule has 1 unspecified atom stereocenters. The zero-order valence-electron chi connectivity index (χ0n) is 13.7. The smallest absolute Gasteiger partial charge is 0.315 e. The van der Waals surface area contributed by atoms with Crippen molar-refractivity contribution in [2.45, 2.75) is 24.3 Å². The minimum atomic E-state index is -3.70. The van der Waals surface area contributed by atoms with Gasteiger partial charge in [0.05, 0.1) is 10.9 Å². The van der Waals surface area contributed by atoms with Crippen molar-refractivity contribution in [3.63, 3.8) is 0 Å². The Bertz CT molecular complexity index is 821. The van der Waals surface area contributed by atoms with Gasteiger partial charge in [0.2, 0.25) is 10.0 Å². The van der Waals surface area contributed by atoms with Crippen LogP contribution in [-0.4, -0.2) is 21.0 Å². The van der Waals surface area contributed by atoms with Gasteiger partial charge in [0.25, 0.3) is 0 Å². The van der Waals surface area contributed by atoms with Crippen molar-refractivity contribution < 1.29 is 17.6 Å². The zero-order valence-corrected chi connectivity index (χ0v) is 14.5. The minimum Gasteiger partial charge on any atom is -0.338 e. The molecule has 2 amide bonds. The van der Waals surface area contributed by atoms with Crippen molar-refractivity contribution in [1.82, 2.24) is 10.6 Å². The van der Waals surface area contributed by atoms with Crippen LogP contribution in [-0.2, 0) is 16.4 Å². The molecule has 0 aliphatic carbocycles. The summed E-state index contributed by atoms with van der Waals surface area (Å²) in [5.41, 5.74) is 1.68. The molecule has 0 bridgehead atoms. The minimum absolute atomic E-state index is 0.0510. The molecule has 0 aliphatic heterocycles. The first kappa shape index (κ1) is 18.9. The Morgan fingerprint density at radius 2 is 1.72 bits per heavy atom. The van der Waals surface area contributed by atoms with E-state index in [9.17, 15) is 17.6 Å². The zero-order chi connectivity index (χ0) is 18.4. The number of amides is 2. The molecule has 0 aromatic heterocycles. The fourth-order valence-electron chi connectivity index (χ4n) is 2.25. The molecular weight excluding hydrogens is 345 g/mol. The molecule has 1 atom stereocenters. The third-order valence-corrected chi connectivity index (χ3v) is 4.60. The summed E-state index contributed by atoms with van der Waals surface area (Å²) < 4.78 is 35.2. The average molecular weight is 365 g/mol. The molecule has 0 spiro atoms. The monoisotopic (exact) mass is 365 g/mol. The molecule has 134 valence electrons. The largest absolute Gasteiger partial charge is 0.338 e. The Labute approximate surface area is 146 Å². The number of urea groups is 1. The maximum Gasteiger partial charge on any atom is 0.315 e. The Balaban J connectivity index is 1.79. The number of carbonyl (C=O) groups excluding carboxylic acids is 1. The molecule has 0 aliphatic rings. The van der Waals surface area contributed by atoms with Gasteiger partial charge in [-0.15, -0.1) is 0 Å². The number of halogens is 1. The molecular formula is C17H20FN3O3S. The van der Waals surface area contributed by atoms with Gasteiger partial charge in [0.15, 0.2) is 0 Å². The van der Waals surface area contributed by atoms with E-state index in [0.717, 1.165) is 11.1 Å². The van der Waals surface area contributed by atoms with Crippen molar-refractivity contribution in [3.8, 4) is 0 Å². The van der Waals surface area contributed by atoms with E-state index in [4.69, 9.17) is 5.14 Å². The first-order valence-corrected chi connectivity index (χ1v) is 9.22. The number of hydrogen-bond acceptors (Lipinski definition) is 3. The quantitative estimate of drug-likeness (QED) is 0.730. The maximum absolute atomic E-state index is 12.9. The number of rotatable bonds is 6. The van der Waals surface area contributed by atoms with Crippen LogP contribution in [0.25, 0.3) is 0 Å². The third kappa shape index (κ3) is 5.84. The van der Waals surface area contributed by atoms with Gasteiger partial charge in [0.1, 0.15) is 5.82 Å². The Hall–Kier alpha value is -2.45. The molecule has 0 heterocycles. The summed E-state index contributed by atoms with van der Waals surface area (Å²) in [6, 6.07) is 11.5. The molecule has 2 rings (SSSR count). The number of sulfonamides is 1. The van der Waals surface area contributed by atoms with Crippen molar-refractivity contribution in [2.24, 2.45) is 5.14 Å². The van der Waals surface area contributed by atoms with E-state index in [2.05, 4.69) is 10.6 Å². The molecule has 0 saturated carbocycles. The van der Waals surface area contributed by atoms with E-state index in [1.165, 1.54) is 24.3 Å². The molecule has 0 saturated heterocycles. The highest BCUT2D eigenvalue weighted by atomic mass is 32.2. The highest BCUT2D eigenvalue weighted by Crippen LogP contribution is 2.12. The second-order valence-corrected chi connectivity index (χ2v) is 7.17. The summed E-state index contributed by atoms with van der Waals surface area (Å²) in [6.45, 7) is 2.19. The Morgan fingerprint density at radius 3 is 2.28 bits per heavy atom. The van der Waals surface area contributed by atoms with Gasteiger partial charge in [-0.2, -0.15) is 0 Å². The van der Waals surface area contributed by atoms with Crippen LogP contribution < -0.4 is 15.8 Å². The van der Waals surface area contributed by atoms with Crippen LogP contribution in [0.1, 0.15) is 24.1 Å². The van der Waals surface area contributed by atoms with Crippen LogP contribution in [0.2, 0.25) is 0 Å². The summed E-state index contributed by atoms with van der Waals surface area (Å²) >= 11 is 0.